The Labute approximate surface area is 299 Å². The number of rotatable bonds is 7. The smallest absolute Gasteiger partial charge is 0.0540 e. The molecule has 1 heteroatoms. The van der Waals surface area contributed by atoms with E-state index in [-0.39, 0.29) is 0 Å². The molecule has 0 radical (unpaired) electrons. The Morgan fingerprint density at radius 1 is 0.255 bits per heavy atom. The standard InChI is InChI=1S/C50H35N/c1-2-13-36(14-3-1)38-27-30-40(31-28-38)49-24-8-9-26-50(49)51(45-21-10-19-42(34-45)43-32-29-37-15-4-5-17-41(37)33-43)46-22-11-20-44(35-46)48-25-12-18-39-16-6-7-23-47(39)48/h1-35H. The van der Waals surface area contributed by atoms with Crippen molar-refractivity contribution in [3.05, 3.63) is 212 Å². The molecule has 51 heavy (non-hydrogen) atoms. The zero-order chi connectivity index (χ0) is 34.0. The van der Waals surface area contributed by atoms with Crippen molar-refractivity contribution in [2.45, 2.75) is 0 Å². The third kappa shape index (κ3) is 5.96. The first-order chi connectivity index (χ1) is 25.3. The van der Waals surface area contributed by atoms with Gasteiger partial charge in [0.15, 0.2) is 0 Å². The fourth-order valence-corrected chi connectivity index (χ4v) is 7.30. The number of hydrogen-bond acceptors (Lipinski definition) is 1. The van der Waals surface area contributed by atoms with Crippen LogP contribution >= 0.6 is 0 Å². The van der Waals surface area contributed by atoms with Crippen LogP contribution in [0.2, 0.25) is 0 Å². The lowest BCUT2D eigenvalue weighted by Crippen LogP contribution is -2.11. The summed E-state index contributed by atoms with van der Waals surface area (Å²) in [5.41, 5.74) is 12.9. The van der Waals surface area contributed by atoms with E-state index in [0.717, 1.165) is 17.1 Å². The van der Waals surface area contributed by atoms with Gasteiger partial charge >= 0.3 is 0 Å². The lowest BCUT2D eigenvalue weighted by atomic mass is 9.96. The summed E-state index contributed by atoms with van der Waals surface area (Å²) in [5.74, 6) is 0. The van der Waals surface area contributed by atoms with E-state index in [1.807, 2.05) is 0 Å². The van der Waals surface area contributed by atoms with Gasteiger partial charge < -0.3 is 4.90 Å². The number of benzene rings is 9. The van der Waals surface area contributed by atoms with Crippen molar-refractivity contribution < 1.29 is 0 Å². The number of nitrogens with zero attached hydrogens (tertiary/aromatic N) is 1. The van der Waals surface area contributed by atoms with E-state index in [1.54, 1.807) is 0 Å². The zero-order valence-electron chi connectivity index (χ0n) is 28.2. The molecule has 240 valence electrons. The molecule has 1 nitrogen and oxygen atoms in total. The second kappa shape index (κ2) is 13.3. The van der Waals surface area contributed by atoms with Crippen LogP contribution in [0.3, 0.4) is 0 Å². The molecule has 0 atom stereocenters. The maximum atomic E-state index is 2.42. The molecular formula is C50H35N. The monoisotopic (exact) mass is 649 g/mol. The Bertz CT molecular complexity index is 2630. The van der Waals surface area contributed by atoms with Gasteiger partial charge in [0.2, 0.25) is 0 Å². The topological polar surface area (TPSA) is 3.24 Å². The molecule has 0 fully saturated rings. The van der Waals surface area contributed by atoms with Crippen molar-refractivity contribution in [1.29, 1.82) is 0 Å². The maximum absolute atomic E-state index is 2.42. The highest BCUT2D eigenvalue weighted by molar-refractivity contribution is 5.98. The largest absolute Gasteiger partial charge is 0.310 e. The first kappa shape index (κ1) is 30.4. The van der Waals surface area contributed by atoms with E-state index in [4.69, 9.17) is 0 Å². The van der Waals surface area contributed by atoms with Gasteiger partial charge in [0, 0.05) is 16.9 Å². The minimum absolute atomic E-state index is 1.10. The van der Waals surface area contributed by atoms with Crippen molar-refractivity contribution in [2.75, 3.05) is 4.90 Å². The predicted octanol–water partition coefficient (Wildman–Crippen LogP) is 14.1. The molecule has 0 saturated heterocycles. The molecule has 0 bridgehead atoms. The first-order valence-corrected chi connectivity index (χ1v) is 17.5. The van der Waals surface area contributed by atoms with Crippen LogP contribution in [0.5, 0.6) is 0 Å². The molecule has 0 aliphatic heterocycles. The van der Waals surface area contributed by atoms with E-state index >= 15 is 0 Å². The van der Waals surface area contributed by atoms with Crippen molar-refractivity contribution in [3.8, 4) is 44.5 Å². The minimum Gasteiger partial charge on any atom is -0.310 e. The lowest BCUT2D eigenvalue weighted by Gasteiger charge is -2.29. The normalized spacial score (nSPS) is 11.1. The van der Waals surface area contributed by atoms with Crippen LogP contribution in [-0.2, 0) is 0 Å². The Hall–Kier alpha value is -6.70. The summed E-state index contributed by atoms with van der Waals surface area (Å²) in [4.78, 5) is 2.42. The van der Waals surface area contributed by atoms with E-state index in [9.17, 15) is 0 Å². The Morgan fingerprint density at radius 2 is 0.765 bits per heavy atom. The van der Waals surface area contributed by atoms with Crippen LogP contribution in [0.4, 0.5) is 17.1 Å². The molecule has 0 N–H and O–H groups in total. The fraction of sp³-hybridized carbons (Fsp3) is 0. The first-order valence-electron chi connectivity index (χ1n) is 17.5. The van der Waals surface area contributed by atoms with Gasteiger partial charge in [-0.3, -0.25) is 0 Å². The zero-order valence-corrected chi connectivity index (χ0v) is 28.2. The molecule has 0 unspecified atom stereocenters. The Balaban J connectivity index is 1.21. The average molecular weight is 650 g/mol. The molecule has 9 rings (SSSR count). The molecule has 0 spiro atoms. The predicted molar refractivity (Wildman–Crippen MR) is 218 cm³/mol. The van der Waals surface area contributed by atoms with E-state index in [0.29, 0.717) is 0 Å². The number of anilines is 3. The quantitative estimate of drug-likeness (QED) is 0.166. The number of hydrogen-bond donors (Lipinski definition) is 0. The molecule has 0 aromatic heterocycles. The maximum Gasteiger partial charge on any atom is 0.0540 e. The fourth-order valence-electron chi connectivity index (χ4n) is 7.30. The second-order valence-corrected chi connectivity index (χ2v) is 13.0. The SMILES string of the molecule is c1ccc(-c2ccc(-c3ccccc3N(c3cccc(-c4ccc5ccccc5c4)c3)c3cccc(-c4cccc5ccccc45)c3)cc2)cc1. The van der Waals surface area contributed by atoms with Crippen LogP contribution in [0.15, 0.2) is 212 Å². The highest BCUT2D eigenvalue weighted by atomic mass is 15.1. The van der Waals surface area contributed by atoms with Gasteiger partial charge in [-0.1, -0.05) is 176 Å². The Morgan fingerprint density at radius 3 is 1.59 bits per heavy atom. The van der Waals surface area contributed by atoms with Gasteiger partial charge in [0.05, 0.1) is 5.69 Å². The van der Waals surface area contributed by atoms with Gasteiger partial charge in [-0.25, -0.2) is 0 Å². The van der Waals surface area contributed by atoms with Gasteiger partial charge in [-0.15, -0.1) is 0 Å². The molecule has 0 aliphatic carbocycles. The van der Waals surface area contributed by atoms with Crippen molar-refractivity contribution >= 4 is 38.6 Å². The summed E-state index contributed by atoms with van der Waals surface area (Å²) in [7, 11) is 0. The van der Waals surface area contributed by atoms with Crippen molar-refractivity contribution in [3.63, 3.8) is 0 Å². The molecule has 0 saturated carbocycles. The molecule has 0 aliphatic rings. The summed E-state index contributed by atoms with van der Waals surface area (Å²) in [6.45, 7) is 0. The third-order valence-electron chi connectivity index (χ3n) is 9.84. The van der Waals surface area contributed by atoms with Crippen LogP contribution in [0, 0.1) is 0 Å². The summed E-state index contributed by atoms with van der Waals surface area (Å²) >= 11 is 0. The highest BCUT2D eigenvalue weighted by Gasteiger charge is 2.19. The van der Waals surface area contributed by atoms with Crippen molar-refractivity contribution in [1.82, 2.24) is 0 Å². The number of para-hydroxylation sites is 1. The number of fused-ring (bicyclic) bond motifs is 2. The summed E-state index contributed by atoms with van der Waals surface area (Å²) in [6.07, 6.45) is 0. The van der Waals surface area contributed by atoms with Crippen LogP contribution < -0.4 is 4.90 Å². The summed E-state index contributed by atoms with van der Waals surface area (Å²) in [5, 5.41) is 4.98. The molecule has 9 aromatic carbocycles. The molecule has 0 amide bonds. The van der Waals surface area contributed by atoms with E-state index < -0.39 is 0 Å². The van der Waals surface area contributed by atoms with E-state index in [1.165, 1.54) is 66.1 Å². The van der Waals surface area contributed by atoms with Gasteiger partial charge in [-0.2, -0.15) is 0 Å². The van der Waals surface area contributed by atoms with Crippen LogP contribution in [0.1, 0.15) is 0 Å². The van der Waals surface area contributed by atoms with Gasteiger partial charge in [-0.05, 0) is 96.9 Å². The van der Waals surface area contributed by atoms with Crippen LogP contribution in [0.25, 0.3) is 66.1 Å². The summed E-state index contributed by atoms with van der Waals surface area (Å²) < 4.78 is 0. The van der Waals surface area contributed by atoms with Gasteiger partial charge in [0.25, 0.3) is 0 Å². The lowest BCUT2D eigenvalue weighted by molar-refractivity contribution is 1.28. The molecular weight excluding hydrogens is 615 g/mol. The van der Waals surface area contributed by atoms with Crippen molar-refractivity contribution in [2.24, 2.45) is 0 Å². The molecule has 9 aromatic rings. The highest BCUT2D eigenvalue weighted by Crippen LogP contribution is 2.43. The second-order valence-electron chi connectivity index (χ2n) is 13.0. The summed E-state index contributed by atoms with van der Waals surface area (Å²) in [6, 6.07) is 76.7. The van der Waals surface area contributed by atoms with E-state index in [2.05, 4.69) is 217 Å². The van der Waals surface area contributed by atoms with Crippen LogP contribution in [-0.4, -0.2) is 0 Å². The third-order valence-corrected chi connectivity index (χ3v) is 9.84. The minimum atomic E-state index is 1.10. The van der Waals surface area contributed by atoms with Gasteiger partial charge in [0.1, 0.15) is 0 Å². The molecule has 0 heterocycles. The average Bonchev–Trinajstić information content (AvgIpc) is 3.21. The Kier molecular flexibility index (Phi) is 7.92.